The van der Waals surface area contributed by atoms with Crippen molar-refractivity contribution in [2.45, 2.75) is 95.4 Å². The molecule has 0 bridgehead atoms. The van der Waals surface area contributed by atoms with Crippen LogP contribution in [-0.2, 0) is 0 Å². The first-order valence-corrected chi connectivity index (χ1v) is 13.6. The molecule has 2 fully saturated rings. The molecule has 0 aliphatic heterocycles. The van der Waals surface area contributed by atoms with Crippen molar-refractivity contribution in [2.24, 2.45) is 0 Å². The molecule has 0 aromatic carbocycles. The molecule has 2 aliphatic rings. The predicted molar refractivity (Wildman–Crippen MR) is 79.1 cm³/mol. The number of rotatable bonds is 2. The van der Waals surface area contributed by atoms with Gasteiger partial charge in [0.25, 0.3) is 0 Å². The van der Waals surface area contributed by atoms with Crippen molar-refractivity contribution in [2.75, 3.05) is 0 Å². The molecule has 0 N–H and O–H groups in total. The van der Waals surface area contributed by atoms with Crippen molar-refractivity contribution in [3.8, 4) is 0 Å². The molecular weight excluding hydrogens is 401 g/mol. The van der Waals surface area contributed by atoms with Gasteiger partial charge in [0.15, 0.2) is 0 Å². The van der Waals surface area contributed by atoms with Gasteiger partial charge in [-0.1, -0.05) is 0 Å². The summed E-state index contributed by atoms with van der Waals surface area (Å²) in [6, 6.07) is 0. The van der Waals surface area contributed by atoms with Crippen LogP contribution in [0, 0.1) is 0 Å². The van der Waals surface area contributed by atoms with Crippen molar-refractivity contribution in [1.82, 2.24) is 0 Å². The fourth-order valence-electron chi connectivity index (χ4n) is 4.11. The summed E-state index contributed by atoms with van der Waals surface area (Å²) < 4.78 is 3.24. The molecule has 0 saturated heterocycles. The van der Waals surface area contributed by atoms with Crippen molar-refractivity contribution >= 4 is 21.8 Å². The predicted octanol–water partition coefficient (Wildman–Crippen LogP) is 5.95. The second-order valence-corrected chi connectivity index (χ2v) is 21.2. The van der Waals surface area contributed by atoms with Crippen LogP contribution in [0.2, 0.25) is 10.4 Å². The molecule has 0 aromatic rings. The zero-order valence-electron chi connectivity index (χ0n) is 12.2. The molecule has 17 heavy (non-hydrogen) atoms. The van der Waals surface area contributed by atoms with Gasteiger partial charge in [0, 0.05) is 0 Å². The molecule has 0 unspecified atom stereocenters. The second kappa shape index (κ2) is 6.36. The van der Waals surface area contributed by atoms with Gasteiger partial charge in [-0.2, -0.15) is 0 Å². The molecule has 0 amide bonds. The van der Waals surface area contributed by atoms with E-state index in [0.717, 1.165) is 3.12 Å². The summed E-state index contributed by atoms with van der Waals surface area (Å²) in [6.07, 6.45) is 15.7. The van der Waals surface area contributed by atoms with E-state index in [-0.39, 0.29) is 0 Å². The minimum atomic E-state index is -1.33. The maximum absolute atomic E-state index is 2.59. The Morgan fingerprint density at radius 1 is 0.647 bits per heavy atom. The Bertz CT molecular complexity index is 198. The van der Waals surface area contributed by atoms with E-state index in [1.165, 1.54) is 20.1 Å². The van der Waals surface area contributed by atoms with Crippen molar-refractivity contribution in [1.29, 1.82) is 0 Å². The van der Waals surface area contributed by atoms with Crippen LogP contribution < -0.4 is 0 Å². The van der Waals surface area contributed by atoms with Crippen LogP contribution in [0.4, 0.5) is 0 Å². The Morgan fingerprint density at radius 3 is 1.29 bits per heavy atom. The topological polar surface area (TPSA) is 0 Å². The van der Waals surface area contributed by atoms with Gasteiger partial charge >= 0.3 is 117 Å². The van der Waals surface area contributed by atoms with Gasteiger partial charge < -0.3 is 0 Å². The number of hydrogen-bond acceptors (Lipinski definition) is 0. The molecule has 2 aliphatic carbocycles. The Hall–Kier alpha value is 0.883. The van der Waals surface area contributed by atoms with Gasteiger partial charge in [-0.3, -0.25) is 0 Å². The van der Waals surface area contributed by atoms with Gasteiger partial charge in [-0.05, 0) is 0 Å². The van der Waals surface area contributed by atoms with Crippen LogP contribution in [0.5, 0.6) is 0 Å². The van der Waals surface area contributed by atoms with E-state index in [1.54, 1.807) is 51.4 Å². The summed E-state index contributed by atoms with van der Waals surface area (Å²) in [4.78, 5) is 0. The third kappa shape index (κ3) is 3.92. The normalized spacial score (nSPS) is 25.4. The summed E-state index contributed by atoms with van der Waals surface area (Å²) in [5.74, 6) is 0. The standard InChI is InChI=1S/2C6H11.C4H9.Bi/c2*1-2-4-6-5-3-1;1-4(2)3;/h2*1H,2-6H2;1-3H3;. The molecule has 0 nitrogen and oxygen atoms in total. The summed E-state index contributed by atoms with van der Waals surface area (Å²) >= 11 is -1.33. The summed E-state index contributed by atoms with van der Waals surface area (Å²) in [5.41, 5.74) is 0. The van der Waals surface area contributed by atoms with E-state index >= 15 is 0 Å². The van der Waals surface area contributed by atoms with Crippen LogP contribution in [0.15, 0.2) is 0 Å². The van der Waals surface area contributed by atoms with Gasteiger partial charge in [0.05, 0.1) is 0 Å². The van der Waals surface area contributed by atoms with Gasteiger partial charge in [0.1, 0.15) is 0 Å². The molecule has 0 spiro atoms. The van der Waals surface area contributed by atoms with Crippen LogP contribution in [0.25, 0.3) is 0 Å². The average molecular weight is 432 g/mol. The fraction of sp³-hybridized carbons (Fsp3) is 1.00. The first-order chi connectivity index (χ1) is 8.09. The fourth-order valence-corrected chi connectivity index (χ4v) is 22.1. The van der Waals surface area contributed by atoms with Crippen LogP contribution in [0.1, 0.15) is 85.0 Å². The third-order valence-electron chi connectivity index (χ3n) is 4.71. The first-order valence-electron chi connectivity index (χ1n) is 7.87. The second-order valence-electron chi connectivity index (χ2n) is 7.16. The van der Waals surface area contributed by atoms with Crippen LogP contribution in [-0.4, -0.2) is 21.8 Å². The summed E-state index contributed by atoms with van der Waals surface area (Å²) in [7, 11) is 0. The Morgan fingerprint density at radius 2 is 1.00 bits per heavy atom. The third-order valence-corrected chi connectivity index (χ3v) is 20.9. The van der Waals surface area contributed by atoms with Crippen LogP contribution in [0.3, 0.4) is 0 Å². The quantitative estimate of drug-likeness (QED) is 0.473. The molecular formula is C16H31Bi. The number of hydrogen-bond donors (Lipinski definition) is 0. The van der Waals surface area contributed by atoms with E-state index in [2.05, 4.69) is 20.8 Å². The Balaban J connectivity index is 2.06. The monoisotopic (exact) mass is 432 g/mol. The molecule has 100 valence electrons. The molecule has 0 atom stereocenters. The van der Waals surface area contributed by atoms with Gasteiger partial charge in [0.2, 0.25) is 0 Å². The molecule has 0 aromatic heterocycles. The molecule has 2 saturated carbocycles. The Kier molecular flexibility index (Phi) is 5.35. The van der Waals surface area contributed by atoms with Crippen molar-refractivity contribution < 1.29 is 0 Å². The zero-order chi connectivity index (χ0) is 12.3. The Labute approximate surface area is 117 Å². The minimum absolute atomic E-state index is 0.735. The van der Waals surface area contributed by atoms with E-state index in [4.69, 9.17) is 0 Å². The SMILES string of the molecule is C[C](C)(C)[Bi]([CH]1CCCCC1)[CH]1CCCCC1. The van der Waals surface area contributed by atoms with Crippen LogP contribution >= 0.6 is 0 Å². The van der Waals surface area contributed by atoms with Gasteiger partial charge in [-0.25, -0.2) is 0 Å². The molecule has 1 heteroatoms. The summed E-state index contributed by atoms with van der Waals surface area (Å²) in [5, 5.41) is 0. The average Bonchev–Trinajstić information content (AvgIpc) is 2.30. The van der Waals surface area contributed by atoms with E-state index < -0.39 is 21.8 Å². The first kappa shape index (κ1) is 14.3. The molecule has 0 heterocycles. The maximum atomic E-state index is 2.59. The van der Waals surface area contributed by atoms with E-state index in [1.807, 2.05) is 0 Å². The summed E-state index contributed by atoms with van der Waals surface area (Å²) in [6.45, 7) is 7.77. The molecule has 0 radical (unpaired) electrons. The van der Waals surface area contributed by atoms with Crippen molar-refractivity contribution in [3.63, 3.8) is 0 Å². The molecule has 2 rings (SSSR count). The zero-order valence-corrected chi connectivity index (χ0v) is 15.7. The van der Waals surface area contributed by atoms with Gasteiger partial charge in [-0.15, -0.1) is 0 Å². The van der Waals surface area contributed by atoms with E-state index in [0.29, 0.717) is 0 Å². The van der Waals surface area contributed by atoms with Crippen molar-refractivity contribution in [3.05, 3.63) is 0 Å². The van der Waals surface area contributed by atoms with E-state index in [9.17, 15) is 0 Å².